The lowest BCUT2D eigenvalue weighted by Crippen LogP contribution is -2.48. The highest BCUT2D eigenvalue weighted by Gasteiger charge is 2.29. The van der Waals surface area contributed by atoms with E-state index in [9.17, 15) is 13.2 Å². The zero-order valence-corrected chi connectivity index (χ0v) is 16.4. The number of nitrogens with zero attached hydrogens (tertiary/aromatic N) is 2. The molecule has 0 spiro atoms. The van der Waals surface area contributed by atoms with Gasteiger partial charge in [-0.05, 0) is 42.5 Å². The van der Waals surface area contributed by atoms with Crippen LogP contribution in [0.3, 0.4) is 0 Å². The number of carbonyl (C=O) groups excluding carboxylic acids is 1. The van der Waals surface area contributed by atoms with E-state index < -0.39 is 15.9 Å². The quantitative estimate of drug-likeness (QED) is 0.575. The zero-order chi connectivity index (χ0) is 19.6. The summed E-state index contributed by atoms with van der Waals surface area (Å²) >= 11 is 11.8. The van der Waals surface area contributed by atoms with Crippen LogP contribution >= 0.6 is 23.2 Å². The van der Waals surface area contributed by atoms with Crippen LogP contribution < -0.4 is 10.4 Å². The van der Waals surface area contributed by atoms with Crippen LogP contribution in [-0.4, -0.2) is 50.0 Å². The normalized spacial score (nSPS) is 15.6. The molecule has 0 aliphatic carbocycles. The largest absolute Gasteiger partial charge is 0.369 e. The third-order valence-electron chi connectivity index (χ3n) is 4.36. The van der Waals surface area contributed by atoms with E-state index in [-0.39, 0.29) is 9.92 Å². The Balaban J connectivity index is 1.69. The lowest BCUT2D eigenvalue weighted by molar-refractivity contribution is 0.0706. The molecule has 1 heterocycles. The van der Waals surface area contributed by atoms with Crippen LogP contribution in [0, 0.1) is 0 Å². The van der Waals surface area contributed by atoms with Crippen LogP contribution in [0.25, 0.3) is 0 Å². The van der Waals surface area contributed by atoms with Crippen molar-refractivity contribution in [3.05, 3.63) is 58.1 Å². The first-order chi connectivity index (χ1) is 12.8. The molecule has 0 saturated carbocycles. The van der Waals surface area contributed by atoms with E-state index in [0.29, 0.717) is 36.8 Å². The van der Waals surface area contributed by atoms with Gasteiger partial charge in [0.15, 0.2) is 0 Å². The van der Waals surface area contributed by atoms with Crippen LogP contribution in [0.2, 0.25) is 10.0 Å². The maximum Gasteiger partial charge on any atom is 0.274 e. The maximum atomic E-state index is 12.8. The number of piperazine rings is 1. The van der Waals surface area contributed by atoms with Crippen molar-refractivity contribution in [2.45, 2.75) is 4.90 Å². The number of sulfonamides is 1. The second-order valence-electron chi connectivity index (χ2n) is 5.95. The molecule has 1 aliphatic heterocycles. The van der Waals surface area contributed by atoms with E-state index in [1.165, 1.54) is 22.5 Å². The summed E-state index contributed by atoms with van der Waals surface area (Å²) in [5, 5.41) is 9.15. The van der Waals surface area contributed by atoms with Gasteiger partial charge < -0.3 is 4.90 Å². The minimum atomic E-state index is -3.65. The van der Waals surface area contributed by atoms with Gasteiger partial charge in [-0.15, -0.1) is 0 Å². The number of hydroxylamine groups is 1. The van der Waals surface area contributed by atoms with Crippen molar-refractivity contribution in [1.29, 1.82) is 0 Å². The van der Waals surface area contributed by atoms with E-state index in [4.69, 9.17) is 28.4 Å². The Bertz CT molecular complexity index is 943. The molecule has 0 bridgehead atoms. The molecule has 27 heavy (non-hydrogen) atoms. The molecule has 1 amide bonds. The highest BCUT2D eigenvalue weighted by atomic mass is 35.5. The topological polar surface area (TPSA) is 89.9 Å². The predicted molar refractivity (Wildman–Crippen MR) is 103 cm³/mol. The van der Waals surface area contributed by atoms with Crippen molar-refractivity contribution in [3.8, 4) is 0 Å². The Labute approximate surface area is 167 Å². The van der Waals surface area contributed by atoms with E-state index in [0.717, 1.165) is 5.69 Å². The van der Waals surface area contributed by atoms with Gasteiger partial charge in [0.2, 0.25) is 10.0 Å². The fraction of sp³-hybridized carbons (Fsp3) is 0.235. The smallest absolute Gasteiger partial charge is 0.274 e. The molecule has 1 fully saturated rings. The average molecular weight is 430 g/mol. The molecule has 10 heteroatoms. The van der Waals surface area contributed by atoms with Gasteiger partial charge in [-0.1, -0.05) is 23.2 Å². The van der Waals surface area contributed by atoms with Crippen molar-refractivity contribution >= 4 is 44.8 Å². The standard InChI is InChI=1S/C17H17Cl2N3O4S/c18-15-6-5-14(11-16(15)19)27(25,26)22-9-7-21(8-10-22)13-3-1-12(2-4-13)17(23)20-24/h1-6,11,24H,7-10H2,(H,20,23). The van der Waals surface area contributed by atoms with Crippen molar-refractivity contribution in [2.75, 3.05) is 31.1 Å². The van der Waals surface area contributed by atoms with Crippen LogP contribution in [0.5, 0.6) is 0 Å². The van der Waals surface area contributed by atoms with Crippen molar-refractivity contribution in [3.63, 3.8) is 0 Å². The first-order valence-corrected chi connectivity index (χ1v) is 10.3. The highest BCUT2D eigenvalue weighted by Crippen LogP contribution is 2.27. The minimum absolute atomic E-state index is 0.115. The van der Waals surface area contributed by atoms with Crippen LogP contribution in [0.4, 0.5) is 5.69 Å². The van der Waals surface area contributed by atoms with E-state index in [1.54, 1.807) is 29.7 Å². The fourth-order valence-corrected chi connectivity index (χ4v) is 4.67. The number of carbonyl (C=O) groups is 1. The van der Waals surface area contributed by atoms with E-state index in [2.05, 4.69) is 0 Å². The lowest BCUT2D eigenvalue weighted by atomic mass is 10.2. The molecule has 0 atom stereocenters. The summed E-state index contributed by atoms with van der Waals surface area (Å²) in [5.41, 5.74) is 2.79. The second kappa shape index (κ2) is 8.04. The molecule has 3 rings (SSSR count). The van der Waals surface area contributed by atoms with Crippen LogP contribution in [0.1, 0.15) is 10.4 Å². The van der Waals surface area contributed by atoms with Crippen molar-refractivity contribution in [1.82, 2.24) is 9.79 Å². The number of nitrogens with one attached hydrogen (secondary N) is 1. The van der Waals surface area contributed by atoms with Gasteiger partial charge in [0.25, 0.3) is 5.91 Å². The van der Waals surface area contributed by atoms with Gasteiger partial charge >= 0.3 is 0 Å². The Hall–Kier alpha value is -1.84. The number of halogens is 2. The number of benzene rings is 2. The molecule has 144 valence electrons. The SMILES string of the molecule is O=C(NO)c1ccc(N2CCN(S(=O)(=O)c3ccc(Cl)c(Cl)c3)CC2)cc1. The van der Waals surface area contributed by atoms with Gasteiger partial charge in [-0.25, -0.2) is 13.9 Å². The van der Waals surface area contributed by atoms with Gasteiger partial charge in [0.05, 0.1) is 14.9 Å². The second-order valence-corrected chi connectivity index (χ2v) is 8.71. The minimum Gasteiger partial charge on any atom is -0.369 e. The van der Waals surface area contributed by atoms with Gasteiger partial charge in [0, 0.05) is 37.4 Å². The van der Waals surface area contributed by atoms with E-state index in [1.807, 2.05) is 4.90 Å². The summed E-state index contributed by atoms with van der Waals surface area (Å²) in [5.74, 6) is -0.584. The third kappa shape index (κ3) is 4.20. The fourth-order valence-electron chi connectivity index (χ4n) is 2.86. The molecule has 2 aromatic rings. The Morgan fingerprint density at radius 1 is 0.963 bits per heavy atom. The summed E-state index contributed by atoms with van der Waals surface area (Å²) in [7, 11) is -3.65. The highest BCUT2D eigenvalue weighted by molar-refractivity contribution is 7.89. The summed E-state index contributed by atoms with van der Waals surface area (Å²) in [6.07, 6.45) is 0. The van der Waals surface area contributed by atoms with Crippen molar-refractivity contribution in [2.24, 2.45) is 0 Å². The number of amides is 1. The predicted octanol–water partition coefficient (Wildman–Crippen LogP) is 2.62. The summed E-state index contributed by atoms with van der Waals surface area (Å²) in [6.45, 7) is 1.65. The van der Waals surface area contributed by atoms with Gasteiger partial charge in [0.1, 0.15) is 0 Å². The van der Waals surface area contributed by atoms with Gasteiger partial charge in [-0.3, -0.25) is 10.0 Å². The number of hydrogen-bond acceptors (Lipinski definition) is 5. The lowest BCUT2D eigenvalue weighted by Gasteiger charge is -2.35. The summed E-state index contributed by atoms with van der Waals surface area (Å²) in [6, 6.07) is 11.0. The van der Waals surface area contributed by atoms with Gasteiger partial charge in [-0.2, -0.15) is 4.31 Å². The number of anilines is 1. The molecule has 0 unspecified atom stereocenters. The summed E-state index contributed by atoms with van der Waals surface area (Å²) < 4.78 is 27.0. The zero-order valence-electron chi connectivity index (χ0n) is 14.1. The molecule has 2 N–H and O–H groups in total. The number of hydrogen-bond donors (Lipinski definition) is 2. The Morgan fingerprint density at radius 2 is 1.59 bits per heavy atom. The van der Waals surface area contributed by atoms with Crippen LogP contribution in [0.15, 0.2) is 47.4 Å². The average Bonchev–Trinajstić information content (AvgIpc) is 2.69. The molecule has 0 aromatic heterocycles. The first-order valence-electron chi connectivity index (χ1n) is 8.07. The maximum absolute atomic E-state index is 12.8. The molecular weight excluding hydrogens is 413 g/mol. The molecular formula is C17H17Cl2N3O4S. The Morgan fingerprint density at radius 3 is 2.15 bits per heavy atom. The molecule has 1 saturated heterocycles. The number of rotatable bonds is 4. The monoisotopic (exact) mass is 429 g/mol. The Kier molecular flexibility index (Phi) is 5.92. The van der Waals surface area contributed by atoms with Crippen molar-refractivity contribution < 1.29 is 18.4 Å². The summed E-state index contributed by atoms with van der Waals surface area (Å²) in [4.78, 5) is 13.5. The molecule has 1 aliphatic rings. The van der Waals surface area contributed by atoms with E-state index >= 15 is 0 Å². The molecule has 2 aromatic carbocycles. The first kappa shape index (κ1) is 19.9. The molecule has 0 radical (unpaired) electrons. The van der Waals surface area contributed by atoms with Crippen LogP contribution in [-0.2, 0) is 10.0 Å². The molecule has 7 nitrogen and oxygen atoms in total. The third-order valence-corrected chi connectivity index (χ3v) is 7.00.